The molecule has 5 aromatic rings. The topological polar surface area (TPSA) is 120 Å². The van der Waals surface area contributed by atoms with Gasteiger partial charge in [-0.3, -0.25) is 14.3 Å². The fourth-order valence-corrected chi connectivity index (χ4v) is 4.19. The maximum Gasteiger partial charge on any atom is 0.387 e. The number of benzene rings is 1. The van der Waals surface area contributed by atoms with Gasteiger partial charge in [0.05, 0.1) is 16.6 Å². The smallest absolute Gasteiger partial charge is 0.387 e. The number of likely N-dealkylation sites (N-methyl/N-ethyl adjacent to an activating group) is 1. The van der Waals surface area contributed by atoms with E-state index in [1.54, 1.807) is 32.4 Å². The van der Waals surface area contributed by atoms with E-state index in [4.69, 9.17) is 4.74 Å². The highest BCUT2D eigenvalue weighted by molar-refractivity contribution is 7.13. The number of amides is 2. The van der Waals surface area contributed by atoms with E-state index in [1.807, 2.05) is 0 Å². The monoisotopic (exact) mass is 512 g/mol. The molecule has 1 N–H and O–H groups in total. The number of ether oxygens (including phenoxy) is 1. The first-order valence-electron chi connectivity index (χ1n) is 10.5. The molecule has 1 aromatic carbocycles. The second kappa shape index (κ2) is 9.30. The Labute approximate surface area is 206 Å². The standard InChI is InChI=1S/C22H18F2N8O3S/c1-30(2)18(33)11-31-10-15(28-21(34)14-9-26-32-5-3-4-25-20(14)32)19(29-31)13-7-17-12(8-27-36-17)6-16(13)35-22(23)24/h3-10,22H,11H2,1-2H3,(H,28,34). The van der Waals surface area contributed by atoms with Crippen molar-refractivity contribution in [3.63, 3.8) is 0 Å². The van der Waals surface area contributed by atoms with Crippen LogP contribution in [0.4, 0.5) is 14.5 Å². The summed E-state index contributed by atoms with van der Waals surface area (Å²) in [6.45, 7) is -3.23. The molecule has 0 saturated carbocycles. The second-order valence-electron chi connectivity index (χ2n) is 7.87. The predicted molar refractivity (Wildman–Crippen MR) is 127 cm³/mol. The van der Waals surface area contributed by atoms with Gasteiger partial charge in [-0.25, -0.2) is 9.50 Å². The third kappa shape index (κ3) is 4.45. The second-order valence-corrected chi connectivity index (χ2v) is 8.70. The summed E-state index contributed by atoms with van der Waals surface area (Å²) in [4.78, 5) is 31.0. The molecule has 0 atom stereocenters. The fraction of sp³-hybridized carbons (Fsp3) is 0.182. The van der Waals surface area contributed by atoms with Gasteiger partial charge in [-0.1, -0.05) is 0 Å². The molecular formula is C22H18F2N8O3S. The first kappa shape index (κ1) is 23.3. The lowest BCUT2D eigenvalue weighted by Gasteiger charge is -2.11. The first-order valence-corrected chi connectivity index (χ1v) is 11.3. The zero-order valence-corrected chi connectivity index (χ0v) is 19.7. The number of nitrogens with zero attached hydrogens (tertiary/aromatic N) is 7. The van der Waals surface area contributed by atoms with Gasteiger partial charge in [-0.2, -0.15) is 23.4 Å². The normalized spacial score (nSPS) is 11.4. The van der Waals surface area contributed by atoms with Crippen molar-refractivity contribution in [2.24, 2.45) is 0 Å². The molecule has 14 heteroatoms. The minimum atomic E-state index is -3.09. The first-order chi connectivity index (χ1) is 17.3. The Hall–Kier alpha value is -4.46. The molecule has 0 spiro atoms. The number of fused-ring (bicyclic) bond motifs is 2. The van der Waals surface area contributed by atoms with Gasteiger partial charge in [0.2, 0.25) is 5.91 Å². The van der Waals surface area contributed by atoms with Crippen LogP contribution in [0.3, 0.4) is 0 Å². The largest absolute Gasteiger partial charge is 0.434 e. The van der Waals surface area contributed by atoms with Crippen molar-refractivity contribution in [3.05, 3.63) is 54.7 Å². The number of rotatable bonds is 7. The summed E-state index contributed by atoms with van der Waals surface area (Å²) in [6, 6.07) is 4.72. The van der Waals surface area contributed by atoms with E-state index in [2.05, 4.69) is 24.9 Å². The average Bonchev–Trinajstić information content (AvgIpc) is 3.56. The van der Waals surface area contributed by atoms with Crippen molar-refractivity contribution >= 4 is 44.8 Å². The van der Waals surface area contributed by atoms with Crippen LogP contribution in [0.5, 0.6) is 5.75 Å². The van der Waals surface area contributed by atoms with Crippen molar-refractivity contribution in [2.45, 2.75) is 13.2 Å². The quantitative estimate of drug-likeness (QED) is 0.356. The number of carbonyl (C=O) groups excluding carboxylic acids is 2. The maximum atomic E-state index is 13.3. The summed E-state index contributed by atoms with van der Waals surface area (Å²) in [5.74, 6) is -0.940. The average molecular weight is 513 g/mol. The Kier molecular flexibility index (Phi) is 6.01. The van der Waals surface area contributed by atoms with Crippen molar-refractivity contribution in [2.75, 3.05) is 19.4 Å². The SMILES string of the molecule is CN(C)C(=O)Cn1cc(NC(=O)c2cnn3cccnc23)c(-c2cc3sncc3cc2OC(F)F)n1. The summed E-state index contributed by atoms with van der Waals surface area (Å²) < 4.78 is 38.9. The lowest BCUT2D eigenvalue weighted by atomic mass is 10.1. The minimum Gasteiger partial charge on any atom is -0.434 e. The Bertz CT molecular complexity index is 1590. The molecule has 11 nitrogen and oxygen atoms in total. The van der Waals surface area contributed by atoms with E-state index < -0.39 is 12.5 Å². The van der Waals surface area contributed by atoms with Crippen molar-refractivity contribution < 1.29 is 23.1 Å². The van der Waals surface area contributed by atoms with Crippen LogP contribution in [0.2, 0.25) is 0 Å². The van der Waals surface area contributed by atoms with Crippen LogP contribution in [-0.2, 0) is 11.3 Å². The van der Waals surface area contributed by atoms with Crippen LogP contribution >= 0.6 is 11.5 Å². The van der Waals surface area contributed by atoms with E-state index in [1.165, 1.54) is 56.5 Å². The van der Waals surface area contributed by atoms with Crippen molar-refractivity contribution in [1.82, 2.24) is 33.7 Å². The Morgan fingerprint density at radius 1 is 1.25 bits per heavy atom. The van der Waals surface area contributed by atoms with E-state index in [0.717, 1.165) is 0 Å². The zero-order chi connectivity index (χ0) is 25.4. The van der Waals surface area contributed by atoms with Crippen LogP contribution in [0, 0.1) is 0 Å². The lowest BCUT2D eigenvalue weighted by molar-refractivity contribution is -0.129. The molecule has 184 valence electrons. The van der Waals surface area contributed by atoms with Crippen LogP contribution in [-0.4, -0.2) is 66.2 Å². The molecule has 2 amide bonds. The number of anilines is 1. The van der Waals surface area contributed by atoms with Crippen LogP contribution in [0.25, 0.3) is 27.0 Å². The van der Waals surface area contributed by atoms with E-state index in [-0.39, 0.29) is 40.7 Å². The molecular weight excluding hydrogens is 494 g/mol. The lowest BCUT2D eigenvalue weighted by Crippen LogP contribution is -2.26. The van der Waals surface area contributed by atoms with Gasteiger partial charge in [-0.15, -0.1) is 0 Å². The van der Waals surface area contributed by atoms with Crippen molar-refractivity contribution in [3.8, 4) is 17.0 Å². The molecule has 5 rings (SSSR count). The number of hydrogen-bond acceptors (Lipinski definition) is 8. The maximum absolute atomic E-state index is 13.3. The molecule has 0 radical (unpaired) electrons. The van der Waals surface area contributed by atoms with Gasteiger partial charge in [-0.05, 0) is 29.7 Å². The molecule has 4 heterocycles. The van der Waals surface area contributed by atoms with Crippen molar-refractivity contribution in [1.29, 1.82) is 0 Å². The van der Waals surface area contributed by atoms with Gasteiger partial charge in [0.1, 0.15) is 23.6 Å². The molecule has 36 heavy (non-hydrogen) atoms. The molecule has 0 fully saturated rings. The highest BCUT2D eigenvalue weighted by Crippen LogP contribution is 2.39. The van der Waals surface area contributed by atoms with E-state index in [9.17, 15) is 18.4 Å². The predicted octanol–water partition coefficient (Wildman–Crippen LogP) is 3.14. The molecule has 0 aliphatic rings. The number of alkyl halides is 2. The summed E-state index contributed by atoms with van der Waals surface area (Å²) >= 11 is 1.17. The molecule has 0 aliphatic carbocycles. The molecule has 0 aliphatic heterocycles. The third-order valence-electron chi connectivity index (χ3n) is 5.26. The number of halogens is 2. The highest BCUT2D eigenvalue weighted by atomic mass is 32.1. The number of nitrogens with one attached hydrogen (secondary N) is 1. The zero-order valence-electron chi connectivity index (χ0n) is 18.9. The molecule has 0 unspecified atom stereocenters. The summed E-state index contributed by atoms with van der Waals surface area (Å²) in [5.41, 5.74) is 1.06. The molecule has 0 bridgehead atoms. The molecule has 0 saturated heterocycles. The minimum absolute atomic E-state index is 0.137. The number of aromatic nitrogens is 6. The van der Waals surface area contributed by atoms with Gasteiger partial charge in [0, 0.05) is 49.8 Å². The Morgan fingerprint density at radius 3 is 2.86 bits per heavy atom. The van der Waals surface area contributed by atoms with Gasteiger partial charge < -0.3 is 15.0 Å². The van der Waals surface area contributed by atoms with Crippen LogP contribution < -0.4 is 10.1 Å². The third-order valence-corrected chi connectivity index (χ3v) is 6.02. The van der Waals surface area contributed by atoms with E-state index >= 15 is 0 Å². The summed E-state index contributed by atoms with van der Waals surface area (Å²) in [6.07, 6.45) is 7.54. The van der Waals surface area contributed by atoms with Gasteiger partial charge in [0.15, 0.2) is 5.65 Å². The summed E-state index contributed by atoms with van der Waals surface area (Å²) in [7, 11) is 3.19. The summed E-state index contributed by atoms with van der Waals surface area (Å²) in [5, 5.41) is 11.9. The van der Waals surface area contributed by atoms with E-state index in [0.29, 0.717) is 15.7 Å². The number of carbonyl (C=O) groups is 2. The number of hydrogen-bond donors (Lipinski definition) is 1. The molecule has 4 aromatic heterocycles. The fourth-order valence-electron chi connectivity index (χ4n) is 3.52. The Balaban J connectivity index is 1.60. The highest BCUT2D eigenvalue weighted by Gasteiger charge is 2.23. The van der Waals surface area contributed by atoms with Crippen LogP contribution in [0.1, 0.15) is 10.4 Å². The van der Waals surface area contributed by atoms with Crippen LogP contribution in [0.15, 0.2) is 49.2 Å². The Morgan fingerprint density at radius 2 is 2.08 bits per heavy atom. The van der Waals surface area contributed by atoms with Gasteiger partial charge >= 0.3 is 6.61 Å². The van der Waals surface area contributed by atoms with Gasteiger partial charge in [0.25, 0.3) is 5.91 Å².